The molecule has 0 aromatic heterocycles. The number of rotatable bonds is 3. The number of benzene rings is 1. The molecule has 2 aliphatic rings. The smallest absolute Gasteiger partial charge is 0.231 e. The van der Waals surface area contributed by atoms with Crippen LogP contribution in [0.4, 0.5) is 5.69 Å². The summed E-state index contributed by atoms with van der Waals surface area (Å²) in [7, 11) is 1.84. The highest BCUT2D eigenvalue weighted by atomic mass is 16.5. The van der Waals surface area contributed by atoms with E-state index in [9.17, 15) is 4.79 Å². The molecule has 0 spiro atoms. The van der Waals surface area contributed by atoms with Crippen LogP contribution in [0.5, 0.6) is 0 Å². The van der Waals surface area contributed by atoms with Gasteiger partial charge in [0.25, 0.3) is 0 Å². The first-order valence-corrected chi connectivity index (χ1v) is 6.93. The molecule has 1 fully saturated rings. The molecule has 2 heterocycles. The highest BCUT2D eigenvalue weighted by Crippen LogP contribution is 2.28. The van der Waals surface area contributed by atoms with Gasteiger partial charge in [-0.25, -0.2) is 0 Å². The summed E-state index contributed by atoms with van der Waals surface area (Å²) in [4.78, 5) is 13.4. The zero-order valence-corrected chi connectivity index (χ0v) is 11.3. The molecule has 1 aromatic rings. The summed E-state index contributed by atoms with van der Waals surface area (Å²) in [6.45, 7) is 2.59. The van der Waals surface area contributed by atoms with Crippen LogP contribution in [0.3, 0.4) is 0 Å². The van der Waals surface area contributed by atoms with Crippen molar-refractivity contribution in [3.63, 3.8) is 0 Å². The fourth-order valence-electron chi connectivity index (χ4n) is 2.83. The van der Waals surface area contributed by atoms with E-state index in [-0.39, 0.29) is 5.91 Å². The normalized spacial score (nSPS) is 22.7. The number of amides is 1. The van der Waals surface area contributed by atoms with Gasteiger partial charge in [0, 0.05) is 25.3 Å². The van der Waals surface area contributed by atoms with Crippen LogP contribution < -0.4 is 10.2 Å². The molecule has 1 atom stereocenters. The van der Waals surface area contributed by atoms with Crippen molar-refractivity contribution in [3.8, 4) is 0 Å². The van der Waals surface area contributed by atoms with Gasteiger partial charge in [-0.15, -0.1) is 0 Å². The second-order valence-electron chi connectivity index (χ2n) is 5.36. The Morgan fingerprint density at radius 3 is 3.16 bits per heavy atom. The average Bonchev–Trinajstić information content (AvgIpc) is 2.73. The number of nitrogens with zero attached hydrogens (tertiary/aromatic N) is 1. The van der Waals surface area contributed by atoms with E-state index in [2.05, 4.69) is 23.5 Å². The van der Waals surface area contributed by atoms with Gasteiger partial charge in [-0.3, -0.25) is 4.79 Å². The number of morpholine rings is 1. The van der Waals surface area contributed by atoms with E-state index in [1.54, 1.807) is 4.90 Å². The maximum atomic E-state index is 11.6. The molecule has 1 N–H and O–H groups in total. The molecule has 0 radical (unpaired) electrons. The van der Waals surface area contributed by atoms with Crippen molar-refractivity contribution in [2.45, 2.75) is 25.3 Å². The lowest BCUT2D eigenvalue weighted by molar-refractivity contribution is -0.117. The average molecular weight is 260 g/mol. The van der Waals surface area contributed by atoms with Crippen LogP contribution in [0.2, 0.25) is 0 Å². The summed E-state index contributed by atoms with van der Waals surface area (Å²) in [6, 6.07) is 6.85. The highest BCUT2D eigenvalue weighted by molar-refractivity contribution is 6.00. The zero-order valence-electron chi connectivity index (χ0n) is 11.3. The first-order valence-electron chi connectivity index (χ1n) is 6.93. The van der Waals surface area contributed by atoms with Crippen LogP contribution >= 0.6 is 0 Å². The number of carbonyl (C=O) groups excluding carboxylic acids is 1. The Bertz CT molecular complexity index is 481. The van der Waals surface area contributed by atoms with E-state index >= 15 is 0 Å². The lowest BCUT2D eigenvalue weighted by atomic mass is 10.0. The molecule has 0 bridgehead atoms. The van der Waals surface area contributed by atoms with Crippen LogP contribution in [-0.2, 0) is 22.4 Å². The number of hydrogen-bond acceptors (Lipinski definition) is 3. The van der Waals surface area contributed by atoms with Crippen LogP contribution in [0.1, 0.15) is 17.5 Å². The van der Waals surface area contributed by atoms with Crippen LogP contribution in [0.15, 0.2) is 18.2 Å². The zero-order chi connectivity index (χ0) is 13.2. The number of carbonyl (C=O) groups is 1. The number of hydrogen-bond donors (Lipinski definition) is 1. The number of fused-ring (bicyclic) bond motifs is 1. The fourth-order valence-corrected chi connectivity index (χ4v) is 2.83. The Morgan fingerprint density at radius 1 is 1.47 bits per heavy atom. The Kier molecular flexibility index (Phi) is 3.53. The van der Waals surface area contributed by atoms with Crippen molar-refractivity contribution < 1.29 is 9.53 Å². The molecule has 4 nitrogen and oxygen atoms in total. The number of nitrogens with one attached hydrogen (secondary N) is 1. The highest BCUT2D eigenvalue weighted by Gasteiger charge is 2.23. The number of likely N-dealkylation sites (N-methyl/N-ethyl adjacent to an activating group) is 1. The molecule has 102 valence electrons. The minimum Gasteiger partial charge on any atom is -0.379 e. The summed E-state index contributed by atoms with van der Waals surface area (Å²) in [6.07, 6.45) is 2.67. The van der Waals surface area contributed by atoms with Crippen LogP contribution in [0.25, 0.3) is 0 Å². The van der Waals surface area contributed by atoms with E-state index in [0.29, 0.717) is 12.5 Å². The first-order chi connectivity index (χ1) is 9.24. The summed E-state index contributed by atoms with van der Waals surface area (Å²) < 4.78 is 5.46. The van der Waals surface area contributed by atoms with Crippen LogP contribution in [-0.4, -0.2) is 38.8 Å². The van der Waals surface area contributed by atoms with E-state index in [4.69, 9.17) is 4.74 Å². The van der Waals surface area contributed by atoms with Gasteiger partial charge in [-0.2, -0.15) is 0 Å². The third-order valence-corrected chi connectivity index (χ3v) is 4.00. The molecule has 1 aromatic carbocycles. The minimum atomic E-state index is 0.189. The van der Waals surface area contributed by atoms with Crippen molar-refractivity contribution >= 4 is 11.6 Å². The van der Waals surface area contributed by atoms with Gasteiger partial charge in [0.1, 0.15) is 0 Å². The lowest BCUT2D eigenvalue weighted by Gasteiger charge is -2.23. The monoisotopic (exact) mass is 260 g/mol. The molecule has 1 amide bonds. The predicted octanol–water partition coefficient (Wildman–Crippen LogP) is 1.13. The Labute approximate surface area is 113 Å². The second kappa shape index (κ2) is 5.31. The second-order valence-corrected chi connectivity index (χ2v) is 5.36. The minimum absolute atomic E-state index is 0.189. The molecular weight excluding hydrogens is 240 g/mol. The quantitative estimate of drug-likeness (QED) is 0.885. The van der Waals surface area contributed by atoms with E-state index in [1.165, 1.54) is 5.56 Å². The van der Waals surface area contributed by atoms with Gasteiger partial charge in [-0.05, 0) is 30.0 Å². The maximum absolute atomic E-state index is 11.6. The molecule has 4 heteroatoms. The predicted molar refractivity (Wildman–Crippen MR) is 74.5 cm³/mol. The van der Waals surface area contributed by atoms with E-state index in [0.717, 1.165) is 43.9 Å². The maximum Gasteiger partial charge on any atom is 0.231 e. The molecule has 19 heavy (non-hydrogen) atoms. The molecular formula is C15H20N2O2. The first kappa shape index (κ1) is 12.6. The molecule has 1 unspecified atom stereocenters. The van der Waals surface area contributed by atoms with Crippen molar-refractivity contribution in [2.24, 2.45) is 0 Å². The van der Waals surface area contributed by atoms with Crippen molar-refractivity contribution in [2.75, 3.05) is 31.7 Å². The molecule has 3 rings (SSSR count). The van der Waals surface area contributed by atoms with E-state index in [1.807, 2.05) is 7.05 Å². The number of anilines is 1. The van der Waals surface area contributed by atoms with Crippen molar-refractivity contribution in [1.82, 2.24) is 5.32 Å². The van der Waals surface area contributed by atoms with Gasteiger partial charge in [0.2, 0.25) is 5.91 Å². The lowest BCUT2D eigenvalue weighted by Crippen LogP contribution is -2.41. The van der Waals surface area contributed by atoms with Gasteiger partial charge < -0.3 is 15.0 Å². The topological polar surface area (TPSA) is 41.6 Å². The van der Waals surface area contributed by atoms with Crippen molar-refractivity contribution in [3.05, 3.63) is 29.3 Å². The summed E-state index contributed by atoms with van der Waals surface area (Å²) in [5.74, 6) is 0.189. The molecule has 0 aliphatic carbocycles. The standard InChI is InChI=1S/C15H20N2O2/c1-17-14-5-3-11(8-12(14)9-15(17)18)2-4-13-10-19-7-6-16-13/h3,5,8,13,16H,2,4,6-7,9-10H2,1H3. The molecule has 2 aliphatic heterocycles. The van der Waals surface area contributed by atoms with Gasteiger partial charge in [0.15, 0.2) is 0 Å². The third-order valence-electron chi connectivity index (χ3n) is 4.00. The van der Waals surface area contributed by atoms with Gasteiger partial charge >= 0.3 is 0 Å². The molecule has 0 saturated carbocycles. The Balaban J connectivity index is 1.63. The third kappa shape index (κ3) is 2.65. The van der Waals surface area contributed by atoms with Crippen molar-refractivity contribution in [1.29, 1.82) is 0 Å². The van der Waals surface area contributed by atoms with Gasteiger partial charge in [-0.1, -0.05) is 12.1 Å². The number of ether oxygens (including phenoxy) is 1. The Hall–Kier alpha value is -1.39. The van der Waals surface area contributed by atoms with Crippen LogP contribution in [0, 0.1) is 0 Å². The largest absolute Gasteiger partial charge is 0.379 e. The Morgan fingerprint density at radius 2 is 2.37 bits per heavy atom. The number of aryl methyl sites for hydroxylation is 1. The van der Waals surface area contributed by atoms with Gasteiger partial charge in [0.05, 0.1) is 19.6 Å². The molecule has 1 saturated heterocycles. The fraction of sp³-hybridized carbons (Fsp3) is 0.533. The van der Waals surface area contributed by atoms with E-state index < -0.39 is 0 Å². The summed E-state index contributed by atoms with van der Waals surface area (Å²) in [5, 5.41) is 3.47. The SMILES string of the molecule is CN1C(=O)Cc2cc(CCC3COCCN3)ccc21. The summed E-state index contributed by atoms with van der Waals surface area (Å²) in [5.41, 5.74) is 3.54. The summed E-state index contributed by atoms with van der Waals surface area (Å²) >= 11 is 0.